The van der Waals surface area contributed by atoms with Crippen LogP contribution in [-0.2, 0) is 0 Å². The zero-order chi connectivity index (χ0) is 12.4. The molecule has 17 heavy (non-hydrogen) atoms. The van der Waals surface area contributed by atoms with Crippen molar-refractivity contribution in [2.24, 2.45) is 0 Å². The van der Waals surface area contributed by atoms with Gasteiger partial charge in [-0.2, -0.15) is 10.1 Å². The Morgan fingerprint density at radius 3 is 3.06 bits per heavy atom. The largest absolute Gasteiger partial charge is 0.394 e. The Balaban J connectivity index is 2.43. The monoisotopic (exact) mass is 252 g/mol. The van der Waals surface area contributed by atoms with Crippen molar-refractivity contribution in [2.45, 2.75) is 0 Å². The number of nitrogen functional groups attached to an aromatic ring is 1. The molecular weight excluding hydrogens is 244 g/mol. The van der Waals surface area contributed by atoms with E-state index in [0.29, 0.717) is 11.5 Å². The van der Waals surface area contributed by atoms with E-state index in [0.717, 1.165) is 0 Å². The SMILES string of the molecule is CNC(=O)c1ccn(-c2nc(Cl)ncc2N)n1. The standard InChI is InChI=1S/C9H9ClN6O/c1-12-8(17)6-2-3-16(15-6)7-5(11)4-13-9(10)14-7/h2-4H,11H2,1H3,(H,12,17). The Morgan fingerprint density at radius 2 is 2.35 bits per heavy atom. The van der Waals surface area contributed by atoms with Gasteiger partial charge in [0.15, 0.2) is 11.5 Å². The summed E-state index contributed by atoms with van der Waals surface area (Å²) in [5.41, 5.74) is 6.28. The van der Waals surface area contributed by atoms with Crippen LogP contribution in [0.2, 0.25) is 5.28 Å². The van der Waals surface area contributed by atoms with Crippen LogP contribution in [0.3, 0.4) is 0 Å². The van der Waals surface area contributed by atoms with Crippen molar-refractivity contribution in [2.75, 3.05) is 12.8 Å². The minimum Gasteiger partial charge on any atom is -0.394 e. The van der Waals surface area contributed by atoms with E-state index in [-0.39, 0.29) is 16.9 Å². The smallest absolute Gasteiger partial charge is 0.271 e. The second-order valence-corrected chi connectivity index (χ2v) is 3.48. The number of hydrogen-bond donors (Lipinski definition) is 2. The number of amides is 1. The van der Waals surface area contributed by atoms with Gasteiger partial charge in [-0.05, 0) is 17.7 Å². The lowest BCUT2D eigenvalue weighted by Gasteiger charge is -2.03. The Bertz CT molecular complexity index is 566. The van der Waals surface area contributed by atoms with E-state index in [9.17, 15) is 4.79 Å². The van der Waals surface area contributed by atoms with E-state index in [1.807, 2.05) is 0 Å². The zero-order valence-corrected chi connectivity index (χ0v) is 9.64. The minimum absolute atomic E-state index is 0.0613. The van der Waals surface area contributed by atoms with Gasteiger partial charge in [-0.25, -0.2) is 9.67 Å². The molecule has 2 rings (SSSR count). The predicted octanol–water partition coefficient (Wildman–Crippen LogP) is 0.257. The first-order chi connectivity index (χ1) is 8.11. The zero-order valence-electron chi connectivity index (χ0n) is 8.88. The number of aromatic nitrogens is 4. The molecule has 0 unspecified atom stereocenters. The number of hydrogen-bond acceptors (Lipinski definition) is 5. The van der Waals surface area contributed by atoms with Gasteiger partial charge in [0, 0.05) is 13.2 Å². The van der Waals surface area contributed by atoms with Crippen LogP contribution in [0.4, 0.5) is 5.69 Å². The fourth-order valence-electron chi connectivity index (χ4n) is 1.24. The molecule has 0 aromatic carbocycles. The average Bonchev–Trinajstić information content (AvgIpc) is 2.80. The first-order valence-electron chi connectivity index (χ1n) is 4.68. The summed E-state index contributed by atoms with van der Waals surface area (Å²) in [5.74, 6) is 0.0441. The maximum Gasteiger partial charge on any atom is 0.271 e. The van der Waals surface area contributed by atoms with Gasteiger partial charge in [0.25, 0.3) is 5.91 Å². The molecule has 0 aliphatic carbocycles. The summed E-state index contributed by atoms with van der Waals surface area (Å²) in [5, 5.41) is 6.56. The molecule has 88 valence electrons. The molecule has 2 aromatic rings. The van der Waals surface area contributed by atoms with Crippen molar-refractivity contribution in [3.05, 3.63) is 29.4 Å². The van der Waals surface area contributed by atoms with Crippen LogP contribution in [0.25, 0.3) is 5.82 Å². The number of carbonyl (C=O) groups excluding carboxylic acids is 1. The van der Waals surface area contributed by atoms with Gasteiger partial charge in [-0.15, -0.1) is 0 Å². The molecule has 0 atom stereocenters. The highest BCUT2D eigenvalue weighted by atomic mass is 35.5. The average molecular weight is 253 g/mol. The number of halogens is 1. The van der Waals surface area contributed by atoms with Crippen LogP contribution in [0.5, 0.6) is 0 Å². The lowest BCUT2D eigenvalue weighted by Crippen LogP contribution is -2.18. The van der Waals surface area contributed by atoms with E-state index < -0.39 is 0 Å². The van der Waals surface area contributed by atoms with Crippen LogP contribution in [0, 0.1) is 0 Å². The van der Waals surface area contributed by atoms with Crippen molar-refractivity contribution in [1.29, 1.82) is 0 Å². The topological polar surface area (TPSA) is 98.7 Å². The molecule has 0 bridgehead atoms. The molecule has 3 N–H and O–H groups in total. The lowest BCUT2D eigenvalue weighted by atomic mass is 10.4. The molecule has 0 saturated heterocycles. The van der Waals surface area contributed by atoms with Crippen molar-refractivity contribution in [3.63, 3.8) is 0 Å². The van der Waals surface area contributed by atoms with Crippen molar-refractivity contribution < 1.29 is 4.79 Å². The molecule has 8 heteroatoms. The van der Waals surface area contributed by atoms with Crippen LogP contribution in [0.15, 0.2) is 18.5 Å². The number of nitrogens with two attached hydrogens (primary N) is 1. The van der Waals surface area contributed by atoms with Gasteiger partial charge in [0.05, 0.1) is 11.9 Å². The highest BCUT2D eigenvalue weighted by molar-refractivity contribution is 6.28. The van der Waals surface area contributed by atoms with Gasteiger partial charge in [0.1, 0.15) is 0 Å². The number of anilines is 1. The van der Waals surface area contributed by atoms with Crippen LogP contribution in [0.1, 0.15) is 10.5 Å². The normalized spacial score (nSPS) is 10.2. The number of nitrogens with zero attached hydrogens (tertiary/aromatic N) is 4. The van der Waals surface area contributed by atoms with Gasteiger partial charge in [-0.1, -0.05) is 0 Å². The fraction of sp³-hybridized carbons (Fsp3) is 0.111. The van der Waals surface area contributed by atoms with Crippen LogP contribution < -0.4 is 11.1 Å². The molecule has 2 heterocycles. The first-order valence-corrected chi connectivity index (χ1v) is 5.05. The molecule has 0 aliphatic heterocycles. The summed E-state index contributed by atoms with van der Waals surface area (Å²) in [6.45, 7) is 0. The molecule has 0 fully saturated rings. The van der Waals surface area contributed by atoms with Gasteiger partial charge in [0.2, 0.25) is 5.28 Å². The van der Waals surface area contributed by atoms with E-state index in [1.54, 1.807) is 12.3 Å². The third kappa shape index (κ3) is 2.18. The molecule has 0 saturated carbocycles. The molecule has 0 radical (unpaired) electrons. The Kier molecular flexibility index (Phi) is 2.92. The van der Waals surface area contributed by atoms with E-state index >= 15 is 0 Å². The Morgan fingerprint density at radius 1 is 1.59 bits per heavy atom. The number of carbonyl (C=O) groups is 1. The Hall–Kier alpha value is -2.15. The van der Waals surface area contributed by atoms with Crippen molar-refractivity contribution >= 4 is 23.2 Å². The van der Waals surface area contributed by atoms with Crippen LogP contribution >= 0.6 is 11.6 Å². The highest BCUT2D eigenvalue weighted by Crippen LogP contribution is 2.14. The summed E-state index contributed by atoms with van der Waals surface area (Å²) >= 11 is 5.67. The fourth-order valence-corrected chi connectivity index (χ4v) is 1.36. The maximum atomic E-state index is 11.3. The van der Waals surface area contributed by atoms with Crippen molar-refractivity contribution in [1.82, 2.24) is 25.1 Å². The molecular formula is C9H9ClN6O. The van der Waals surface area contributed by atoms with Crippen LogP contribution in [-0.4, -0.2) is 32.7 Å². The highest BCUT2D eigenvalue weighted by Gasteiger charge is 2.11. The molecule has 1 amide bonds. The third-order valence-corrected chi connectivity index (χ3v) is 2.21. The Labute approximate surface area is 102 Å². The van der Waals surface area contributed by atoms with E-state index in [1.165, 1.54) is 17.9 Å². The first kappa shape index (κ1) is 11.3. The summed E-state index contributed by atoms with van der Waals surface area (Å²) in [6.07, 6.45) is 2.95. The van der Waals surface area contributed by atoms with Crippen molar-refractivity contribution in [3.8, 4) is 5.82 Å². The lowest BCUT2D eigenvalue weighted by molar-refractivity contribution is 0.0957. The quantitative estimate of drug-likeness (QED) is 0.747. The summed E-state index contributed by atoms with van der Waals surface area (Å²) in [7, 11) is 1.53. The van der Waals surface area contributed by atoms with E-state index in [2.05, 4.69) is 20.4 Å². The number of nitrogens with one attached hydrogen (secondary N) is 1. The van der Waals surface area contributed by atoms with Gasteiger partial charge < -0.3 is 11.1 Å². The van der Waals surface area contributed by atoms with Gasteiger partial charge >= 0.3 is 0 Å². The molecule has 0 spiro atoms. The second kappa shape index (κ2) is 4.38. The molecule has 2 aromatic heterocycles. The summed E-state index contributed by atoms with van der Waals surface area (Å²) in [6, 6.07) is 1.55. The summed E-state index contributed by atoms with van der Waals surface area (Å²) in [4.78, 5) is 19.0. The predicted molar refractivity (Wildman–Crippen MR) is 62.0 cm³/mol. The minimum atomic E-state index is -0.289. The second-order valence-electron chi connectivity index (χ2n) is 3.14. The van der Waals surface area contributed by atoms with Gasteiger partial charge in [-0.3, -0.25) is 4.79 Å². The number of rotatable bonds is 2. The third-order valence-electron chi connectivity index (χ3n) is 2.03. The maximum absolute atomic E-state index is 11.3. The molecule has 7 nitrogen and oxygen atoms in total. The van der Waals surface area contributed by atoms with E-state index in [4.69, 9.17) is 17.3 Å². The summed E-state index contributed by atoms with van der Waals surface area (Å²) < 4.78 is 1.37. The molecule has 0 aliphatic rings.